The first-order valence-electron chi connectivity index (χ1n) is 7.90. The Balaban J connectivity index is 1.55. The van der Waals surface area contributed by atoms with Crippen LogP contribution in [0.1, 0.15) is 16.9 Å². The van der Waals surface area contributed by atoms with Crippen LogP contribution in [0.2, 0.25) is 0 Å². The highest BCUT2D eigenvalue weighted by Gasteiger charge is 2.24. The number of ketones is 1. The summed E-state index contributed by atoms with van der Waals surface area (Å²) in [5.74, 6) is -2.19. The van der Waals surface area contributed by atoms with Crippen molar-refractivity contribution in [2.45, 2.75) is 6.42 Å². The molecule has 7 heteroatoms. The lowest BCUT2D eigenvalue weighted by Crippen LogP contribution is -2.49. The Morgan fingerprint density at radius 1 is 1.08 bits per heavy atom. The number of carboxylic acid groups (broad SMARTS) is 1. The van der Waals surface area contributed by atoms with Crippen molar-refractivity contribution in [3.8, 4) is 0 Å². The lowest BCUT2D eigenvalue weighted by atomic mass is 10.2. The molecule has 1 aromatic heterocycles. The van der Waals surface area contributed by atoms with E-state index in [1.54, 1.807) is 4.90 Å². The van der Waals surface area contributed by atoms with Gasteiger partial charge >= 0.3 is 5.97 Å². The van der Waals surface area contributed by atoms with Crippen LogP contribution in [0.25, 0.3) is 10.9 Å². The summed E-state index contributed by atoms with van der Waals surface area (Å²) in [6.07, 6.45) is 0.00526. The van der Waals surface area contributed by atoms with E-state index >= 15 is 0 Å². The Bertz CT molecular complexity index is 742. The summed E-state index contributed by atoms with van der Waals surface area (Å²) >= 11 is 0. The summed E-state index contributed by atoms with van der Waals surface area (Å²) in [6.45, 7) is 2.82. The van der Waals surface area contributed by atoms with Crippen molar-refractivity contribution in [1.29, 1.82) is 0 Å². The molecule has 24 heavy (non-hydrogen) atoms. The Kier molecular flexibility index (Phi) is 4.61. The standard InChI is InChI=1S/C17H19N3O4/c21-15(17(23)24)5-6-19-7-9-20(10-8-19)16(22)14-11-12-3-1-2-4-13(12)18-14/h1-4,11,18H,5-10H2,(H,23,24). The van der Waals surface area contributed by atoms with Crippen molar-refractivity contribution in [1.82, 2.24) is 14.8 Å². The number of para-hydroxylation sites is 1. The molecular weight excluding hydrogens is 310 g/mol. The number of H-pyrrole nitrogens is 1. The number of Topliss-reactive ketones (excluding diaryl/α,β-unsaturated/α-hetero) is 1. The van der Waals surface area contributed by atoms with E-state index in [1.165, 1.54) is 0 Å². The molecule has 3 rings (SSSR count). The Labute approximate surface area is 138 Å². The molecule has 0 saturated carbocycles. The first-order chi connectivity index (χ1) is 11.5. The van der Waals surface area contributed by atoms with Gasteiger partial charge in [0.1, 0.15) is 5.69 Å². The molecular formula is C17H19N3O4. The van der Waals surface area contributed by atoms with E-state index in [9.17, 15) is 14.4 Å². The molecule has 1 aromatic carbocycles. The van der Waals surface area contributed by atoms with E-state index in [4.69, 9.17) is 5.11 Å². The third-order valence-electron chi connectivity index (χ3n) is 4.31. The van der Waals surface area contributed by atoms with Crippen molar-refractivity contribution in [3.63, 3.8) is 0 Å². The van der Waals surface area contributed by atoms with E-state index in [0.717, 1.165) is 10.9 Å². The molecule has 126 valence electrons. The smallest absolute Gasteiger partial charge is 0.372 e. The van der Waals surface area contributed by atoms with E-state index < -0.39 is 11.8 Å². The normalized spacial score (nSPS) is 15.6. The minimum absolute atomic E-state index is 0.00526. The molecule has 1 aliphatic rings. The average molecular weight is 329 g/mol. The fraction of sp³-hybridized carbons (Fsp3) is 0.353. The number of piperazine rings is 1. The number of hydrogen-bond donors (Lipinski definition) is 2. The van der Waals surface area contributed by atoms with Crippen molar-refractivity contribution >= 4 is 28.6 Å². The highest BCUT2D eigenvalue weighted by molar-refractivity contribution is 6.32. The van der Waals surface area contributed by atoms with Gasteiger partial charge in [0, 0.05) is 50.0 Å². The van der Waals surface area contributed by atoms with Gasteiger partial charge in [-0.1, -0.05) is 18.2 Å². The molecule has 0 radical (unpaired) electrons. The minimum Gasteiger partial charge on any atom is -0.476 e. The molecule has 1 aliphatic heterocycles. The Morgan fingerprint density at radius 2 is 1.79 bits per heavy atom. The molecule has 0 spiro atoms. The fourth-order valence-corrected chi connectivity index (χ4v) is 2.90. The van der Waals surface area contributed by atoms with Crippen LogP contribution in [0, 0.1) is 0 Å². The van der Waals surface area contributed by atoms with Crippen LogP contribution >= 0.6 is 0 Å². The van der Waals surface area contributed by atoms with Gasteiger partial charge in [0.15, 0.2) is 0 Å². The van der Waals surface area contributed by atoms with Gasteiger partial charge < -0.3 is 15.0 Å². The summed E-state index contributed by atoms with van der Waals surface area (Å²) in [4.78, 5) is 41.2. The first-order valence-corrected chi connectivity index (χ1v) is 7.90. The number of carbonyl (C=O) groups is 3. The number of rotatable bonds is 5. The molecule has 0 bridgehead atoms. The Morgan fingerprint density at radius 3 is 2.46 bits per heavy atom. The van der Waals surface area contributed by atoms with Gasteiger partial charge in [0.05, 0.1) is 0 Å². The number of nitrogens with zero attached hydrogens (tertiary/aromatic N) is 2. The molecule has 0 unspecified atom stereocenters. The minimum atomic E-state index is -1.39. The molecule has 2 heterocycles. The summed E-state index contributed by atoms with van der Waals surface area (Å²) in [5.41, 5.74) is 1.51. The summed E-state index contributed by atoms with van der Waals surface area (Å²) in [6, 6.07) is 9.60. The number of aliphatic carboxylic acids is 1. The van der Waals surface area contributed by atoms with Gasteiger partial charge in [-0.2, -0.15) is 0 Å². The van der Waals surface area contributed by atoms with Gasteiger partial charge in [0.25, 0.3) is 5.91 Å². The number of carbonyl (C=O) groups excluding carboxylic acids is 2. The quantitative estimate of drug-likeness (QED) is 0.797. The zero-order chi connectivity index (χ0) is 17.1. The molecule has 2 aromatic rings. The van der Waals surface area contributed by atoms with Crippen molar-refractivity contribution in [3.05, 3.63) is 36.0 Å². The molecule has 1 saturated heterocycles. The second kappa shape index (κ2) is 6.84. The number of benzene rings is 1. The number of aromatic amines is 1. The summed E-state index contributed by atoms with van der Waals surface area (Å²) in [5, 5.41) is 9.59. The number of hydrogen-bond acceptors (Lipinski definition) is 4. The molecule has 1 amide bonds. The monoisotopic (exact) mass is 329 g/mol. The highest BCUT2D eigenvalue weighted by Crippen LogP contribution is 2.16. The zero-order valence-corrected chi connectivity index (χ0v) is 13.2. The van der Waals surface area contributed by atoms with Gasteiger partial charge in [-0.05, 0) is 12.1 Å². The molecule has 0 aliphatic carbocycles. The van der Waals surface area contributed by atoms with Crippen LogP contribution in [-0.4, -0.2) is 70.3 Å². The van der Waals surface area contributed by atoms with E-state index in [2.05, 4.69) is 4.98 Å². The maximum absolute atomic E-state index is 12.6. The van der Waals surface area contributed by atoms with Crippen LogP contribution in [0.5, 0.6) is 0 Å². The van der Waals surface area contributed by atoms with E-state index in [1.807, 2.05) is 35.2 Å². The van der Waals surface area contributed by atoms with E-state index in [0.29, 0.717) is 38.4 Å². The number of carboxylic acids is 1. The zero-order valence-electron chi connectivity index (χ0n) is 13.2. The lowest BCUT2D eigenvalue weighted by molar-refractivity contribution is -0.149. The number of aromatic nitrogens is 1. The van der Waals surface area contributed by atoms with Crippen LogP contribution in [0.15, 0.2) is 30.3 Å². The predicted molar refractivity (Wildman–Crippen MR) is 87.9 cm³/mol. The molecule has 2 N–H and O–H groups in total. The van der Waals surface area contributed by atoms with Gasteiger partial charge in [0.2, 0.25) is 5.78 Å². The van der Waals surface area contributed by atoms with Crippen LogP contribution in [0.4, 0.5) is 0 Å². The third kappa shape index (κ3) is 3.46. The first kappa shape index (κ1) is 16.2. The SMILES string of the molecule is O=C(O)C(=O)CCN1CCN(C(=O)c2cc3ccccc3[nH]2)CC1. The highest BCUT2D eigenvalue weighted by atomic mass is 16.4. The molecule has 0 atom stereocenters. The Hall–Kier alpha value is -2.67. The van der Waals surface area contributed by atoms with Gasteiger partial charge in [-0.3, -0.25) is 14.5 Å². The maximum Gasteiger partial charge on any atom is 0.372 e. The van der Waals surface area contributed by atoms with Crippen molar-refractivity contribution in [2.75, 3.05) is 32.7 Å². The summed E-state index contributed by atoms with van der Waals surface area (Å²) < 4.78 is 0. The summed E-state index contributed by atoms with van der Waals surface area (Å²) in [7, 11) is 0. The van der Waals surface area contributed by atoms with Crippen molar-refractivity contribution < 1.29 is 19.5 Å². The average Bonchev–Trinajstić information content (AvgIpc) is 3.03. The van der Waals surface area contributed by atoms with E-state index in [-0.39, 0.29) is 12.3 Å². The predicted octanol–water partition coefficient (Wildman–Crippen LogP) is 0.969. The van der Waals surface area contributed by atoms with Crippen LogP contribution < -0.4 is 0 Å². The topological polar surface area (TPSA) is 93.7 Å². The fourth-order valence-electron chi connectivity index (χ4n) is 2.90. The lowest BCUT2D eigenvalue weighted by Gasteiger charge is -2.34. The number of nitrogens with one attached hydrogen (secondary N) is 1. The number of amides is 1. The van der Waals surface area contributed by atoms with Crippen molar-refractivity contribution in [2.24, 2.45) is 0 Å². The number of fused-ring (bicyclic) bond motifs is 1. The molecule has 7 nitrogen and oxygen atoms in total. The van der Waals surface area contributed by atoms with Gasteiger partial charge in [-0.15, -0.1) is 0 Å². The third-order valence-corrected chi connectivity index (χ3v) is 4.31. The second-order valence-electron chi connectivity index (χ2n) is 5.88. The largest absolute Gasteiger partial charge is 0.476 e. The molecule has 1 fully saturated rings. The van der Waals surface area contributed by atoms with Gasteiger partial charge in [-0.25, -0.2) is 4.79 Å². The maximum atomic E-state index is 12.6. The van der Waals surface area contributed by atoms with Crippen LogP contribution in [0.3, 0.4) is 0 Å². The second-order valence-corrected chi connectivity index (χ2v) is 5.88. The van der Waals surface area contributed by atoms with Crippen LogP contribution in [-0.2, 0) is 9.59 Å².